The van der Waals surface area contributed by atoms with Gasteiger partial charge in [-0.15, -0.1) is 0 Å². The van der Waals surface area contributed by atoms with Crippen molar-refractivity contribution in [1.82, 2.24) is 0 Å². The third-order valence-electron chi connectivity index (χ3n) is 4.85. The van der Waals surface area contributed by atoms with Gasteiger partial charge in [0.05, 0.1) is 24.1 Å². The molecule has 0 bridgehead atoms. The smallest absolute Gasteiger partial charge is 0.280 e. The van der Waals surface area contributed by atoms with Crippen molar-refractivity contribution in [3.05, 3.63) is 94.0 Å². The van der Waals surface area contributed by atoms with Gasteiger partial charge in [0, 0.05) is 4.47 Å². The molecule has 31 heavy (non-hydrogen) atoms. The van der Waals surface area contributed by atoms with Crippen molar-refractivity contribution in [3.63, 3.8) is 0 Å². The normalized spacial score (nSPS) is 14.7. The number of carbonyl (C=O) groups is 1. The fourth-order valence-electron chi connectivity index (χ4n) is 3.26. The van der Waals surface area contributed by atoms with Crippen LogP contribution in [0.4, 0.5) is 5.69 Å². The van der Waals surface area contributed by atoms with E-state index < -0.39 is 0 Å². The van der Waals surface area contributed by atoms with Crippen molar-refractivity contribution in [2.24, 2.45) is 5.10 Å². The fraction of sp³-hybridized carbons (Fsp3) is 0.120. The maximum atomic E-state index is 13.0. The molecule has 0 aromatic heterocycles. The molecule has 156 valence electrons. The molecule has 0 unspecified atom stereocenters. The number of anilines is 1. The Bertz CT molecular complexity index is 1170. The number of amides is 1. The number of hydrazone groups is 1. The van der Waals surface area contributed by atoms with Crippen LogP contribution in [-0.4, -0.2) is 18.7 Å². The minimum absolute atomic E-state index is 0.168. The number of nitrogens with zero attached hydrogens (tertiary/aromatic N) is 2. The Hall–Kier alpha value is -3.38. The van der Waals surface area contributed by atoms with Gasteiger partial charge >= 0.3 is 0 Å². The average molecular weight is 477 g/mol. The topological polar surface area (TPSA) is 51.1 Å². The number of benzene rings is 3. The summed E-state index contributed by atoms with van der Waals surface area (Å²) < 4.78 is 12.3. The molecule has 0 atom stereocenters. The molecule has 0 saturated heterocycles. The molecule has 5 nitrogen and oxygen atoms in total. The van der Waals surface area contributed by atoms with Gasteiger partial charge in [-0.2, -0.15) is 10.1 Å². The lowest BCUT2D eigenvalue weighted by Gasteiger charge is -2.12. The van der Waals surface area contributed by atoms with Crippen LogP contribution in [0.25, 0.3) is 6.08 Å². The molecule has 1 aliphatic heterocycles. The molecule has 0 aliphatic carbocycles. The van der Waals surface area contributed by atoms with Gasteiger partial charge in [-0.3, -0.25) is 4.79 Å². The van der Waals surface area contributed by atoms with Crippen molar-refractivity contribution >= 4 is 39.3 Å². The summed E-state index contributed by atoms with van der Waals surface area (Å²) in [6.07, 6.45) is 1.82. The monoisotopic (exact) mass is 476 g/mol. The minimum Gasteiger partial charge on any atom is -0.493 e. The molecule has 1 amide bonds. The van der Waals surface area contributed by atoms with E-state index in [9.17, 15) is 4.79 Å². The Kier molecular flexibility index (Phi) is 6.18. The first-order chi connectivity index (χ1) is 15.0. The summed E-state index contributed by atoms with van der Waals surface area (Å²) in [4.78, 5) is 13.0. The fourth-order valence-corrected chi connectivity index (χ4v) is 3.65. The molecular weight excluding hydrogens is 456 g/mol. The van der Waals surface area contributed by atoms with E-state index in [0.717, 1.165) is 15.6 Å². The molecule has 6 heteroatoms. The first-order valence-corrected chi connectivity index (χ1v) is 10.6. The zero-order valence-corrected chi connectivity index (χ0v) is 18.8. The standard InChI is InChI=1S/C25H21BrN2O3/c1-17-22(25(29)28(27-17)21-10-6-9-20(26)15-21)13-19-11-12-23(24(14-19)30-2)31-16-18-7-4-3-5-8-18/h3-15H,16H2,1-2H3/b22-13-. The Morgan fingerprint density at radius 1 is 1.00 bits per heavy atom. The van der Waals surface area contributed by atoms with Crippen LogP contribution in [0.3, 0.4) is 0 Å². The molecule has 1 aliphatic rings. The number of ether oxygens (including phenoxy) is 2. The summed E-state index contributed by atoms with van der Waals surface area (Å²) >= 11 is 3.44. The van der Waals surface area contributed by atoms with Gasteiger partial charge in [-0.05, 0) is 54.5 Å². The second-order valence-corrected chi connectivity index (χ2v) is 7.94. The average Bonchev–Trinajstić information content (AvgIpc) is 3.07. The van der Waals surface area contributed by atoms with Gasteiger partial charge in [0.1, 0.15) is 6.61 Å². The van der Waals surface area contributed by atoms with Gasteiger partial charge in [-0.1, -0.05) is 58.4 Å². The summed E-state index contributed by atoms with van der Waals surface area (Å²) in [5, 5.41) is 5.85. The maximum absolute atomic E-state index is 13.0. The van der Waals surface area contributed by atoms with Crippen LogP contribution in [0.2, 0.25) is 0 Å². The Balaban J connectivity index is 1.55. The van der Waals surface area contributed by atoms with Crippen LogP contribution in [0.15, 0.2) is 87.9 Å². The highest BCUT2D eigenvalue weighted by Crippen LogP contribution is 2.31. The summed E-state index contributed by atoms with van der Waals surface area (Å²) in [5.41, 5.74) is 3.82. The molecule has 4 rings (SSSR count). The highest BCUT2D eigenvalue weighted by atomic mass is 79.9. The van der Waals surface area contributed by atoms with E-state index in [1.807, 2.05) is 85.8 Å². The van der Waals surface area contributed by atoms with E-state index in [0.29, 0.717) is 35.1 Å². The van der Waals surface area contributed by atoms with Crippen LogP contribution in [0.5, 0.6) is 11.5 Å². The quantitative estimate of drug-likeness (QED) is 0.419. The Morgan fingerprint density at radius 3 is 2.55 bits per heavy atom. The highest BCUT2D eigenvalue weighted by Gasteiger charge is 2.28. The molecule has 3 aromatic rings. The second-order valence-electron chi connectivity index (χ2n) is 7.02. The SMILES string of the molecule is COc1cc(/C=C2\C(=O)N(c3cccc(Br)c3)N=C2C)ccc1OCc1ccccc1. The van der Waals surface area contributed by atoms with E-state index in [1.165, 1.54) is 5.01 Å². The number of hydrogen-bond donors (Lipinski definition) is 0. The van der Waals surface area contributed by atoms with Crippen molar-refractivity contribution in [2.45, 2.75) is 13.5 Å². The van der Waals surface area contributed by atoms with Crippen LogP contribution >= 0.6 is 15.9 Å². The minimum atomic E-state index is -0.168. The largest absolute Gasteiger partial charge is 0.493 e. The zero-order chi connectivity index (χ0) is 21.8. The van der Waals surface area contributed by atoms with E-state index in [2.05, 4.69) is 21.0 Å². The number of rotatable bonds is 6. The van der Waals surface area contributed by atoms with Crippen LogP contribution in [-0.2, 0) is 11.4 Å². The number of hydrogen-bond acceptors (Lipinski definition) is 4. The van der Waals surface area contributed by atoms with Crippen molar-refractivity contribution in [3.8, 4) is 11.5 Å². The Morgan fingerprint density at radius 2 is 1.81 bits per heavy atom. The molecule has 0 spiro atoms. The second kappa shape index (κ2) is 9.18. The lowest BCUT2D eigenvalue weighted by atomic mass is 10.1. The maximum Gasteiger partial charge on any atom is 0.280 e. The number of halogens is 1. The third-order valence-corrected chi connectivity index (χ3v) is 5.34. The van der Waals surface area contributed by atoms with Crippen molar-refractivity contribution < 1.29 is 14.3 Å². The molecular formula is C25H21BrN2O3. The molecule has 0 N–H and O–H groups in total. The predicted octanol–water partition coefficient (Wildman–Crippen LogP) is 5.84. The van der Waals surface area contributed by atoms with E-state index in [1.54, 1.807) is 7.11 Å². The van der Waals surface area contributed by atoms with Crippen molar-refractivity contribution in [2.75, 3.05) is 12.1 Å². The molecule has 0 fully saturated rings. The van der Waals surface area contributed by atoms with E-state index >= 15 is 0 Å². The van der Waals surface area contributed by atoms with Gasteiger partial charge in [-0.25, -0.2) is 0 Å². The first kappa shape index (κ1) is 20.9. The first-order valence-electron chi connectivity index (χ1n) is 9.77. The molecule has 0 saturated carbocycles. The van der Waals surface area contributed by atoms with Crippen LogP contribution in [0.1, 0.15) is 18.1 Å². The summed E-state index contributed by atoms with van der Waals surface area (Å²) in [7, 11) is 1.60. The van der Waals surface area contributed by atoms with Gasteiger partial charge in [0.15, 0.2) is 11.5 Å². The third kappa shape index (κ3) is 4.70. The van der Waals surface area contributed by atoms with Gasteiger partial charge in [0.25, 0.3) is 5.91 Å². The Labute approximate surface area is 189 Å². The van der Waals surface area contributed by atoms with Crippen LogP contribution < -0.4 is 14.5 Å². The summed E-state index contributed by atoms with van der Waals surface area (Å²) in [6.45, 7) is 2.28. The highest BCUT2D eigenvalue weighted by molar-refractivity contribution is 9.10. The number of methoxy groups -OCH3 is 1. The summed E-state index contributed by atoms with van der Waals surface area (Å²) in [5.74, 6) is 1.08. The lowest BCUT2D eigenvalue weighted by molar-refractivity contribution is -0.114. The van der Waals surface area contributed by atoms with E-state index in [-0.39, 0.29) is 5.91 Å². The van der Waals surface area contributed by atoms with Crippen LogP contribution in [0, 0.1) is 0 Å². The van der Waals surface area contributed by atoms with Crippen molar-refractivity contribution in [1.29, 1.82) is 0 Å². The van der Waals surface area contributed by atoms with E-state index in [4.69, 9.17) is 9.47 Å². The molecule has 3 aromatic carbocycles. The van der Waals surface area contributed by atoms with Gasteiger partial charge in [0.2, 0.25) is 0 Å². The lowest BCUT2D eigenvalue weighted by Crippen LogP contribution is -2.21. The summed E-state index contributed by atoms with van der Waals surface area (Å²) in [6, 6.07) is 23.1. The predicted molar refractivity (Wildman–Crippen MR) is 126 cm³/mol. The number of carbonyl (C=O) groups excluding carboxylic acids is 1. The zero-order valence-electron chi connectivity index (χ0n) is 17.2. The van der Waals surface area contributed by atoms with Gasteiger partial charge < -0.3 is 9.47 Å². The molecule has 0 radical (unpaired) electrons. The molecule has 1 heterocycles.